The molecule has 0 bridgehead atoms. The first-order valence-corrected chi connectivity index (χ1v) is 7.58. The molecule has 0 atom stereocenters. The third kappa shape index (κ3) is 3.70. The summed E-state index contributed by atoms with van der Waals surface area (Å²) in [7, 11) is 1.78. The van der Waals surface area contributed by atoms with Crippen LogP contribution in [-0.4, -0.2) is 40.7 Å². The summed E-state index contributed by atoms with van der Waals surface area (Å²) in [5.41, 5.74) is 1.77. The van der Waals surface area contributed by atoms with E-state index in [0.29, 0.717) is 17.6 Å². The largest absolute Gasteiger partial charge is 0.480 e. The van der Waals surface area contributed by atoms with Crippen LogP contribution in [0.2, 0.25) is 0 Å². The number of nitrogens with zero attached hydrogens (tertiary/aromatic N) is 3. The van der Waals surface area contributed by atoms with Crippen LogP contribution in [0, 0.1) is 6.92 Å². The number of nitrogens with one attached hydrogen (secondary N) is 1. The second-order valence-corrected chi connectivity index (χ2v) is 5.60. The molecular formula is C15H20N4O4. The molecule has 0 aliphatic carbocycles. The molecule has 1 aliphatic rings. The number of ether oxygens (including phenoxy) is 2. The van der Waals surface area contributed by atoms with E-state index in [1.807, 2.05) is 6.92 Å². The minimum Gasteiger partial charge on any atom is -0.480 e. The minimum absolute atomic E-state index is 0.113. The number of hydrogen-bond donors (Lipinski definition) is 1. The Morgan fingerprint density at radius 2 is 2.26 bits per heavy atom. The molecule has 0 saturated carbocycles. The van der Waals surface area contributed by atoms with E-state index in [0.717, 1.165) is 37.3 Å². The van der Waals surface area contributed by atoms with Crippen molar-refractivity contribution < 1.29 is 18.8 Å². The molecule has 2 aromatic rings. The Balaban J connectivity index is 1.57. The standard InChI is InChI=1S/C15H20N4O4/c1-10-14(11-3-5-21-6-4-11)18-23-15(10)17-13(20)9-22-12-7-16-19(2)8-12/h7-8,11H,3-6,9H2,1-2H3,(H,17,20). The van der Waals surface area contributed by atoms with Crippen molar-refractivity contribution in [2.75, 3.05) is 25.1 Å². The molecule has 0 spiro atoms. The number of rotatable bonds is 5. The zero-order valence-corrected chi connectivity index (χ0v) is 13.2. The molecule has 0 aromatic carbocycles. The van der Waals surface area contributed by atoms with Crippen LogP contribution < -0.4 is 10.1 Å². The van der Waals surface area contributed by atoms with Gasteiger partial charge in [-0.25, -0.2) is 0 Å². The number of aromatic nitrogens is 3. The molecule has 8 nitrogen and oxygen atoms in total. The summed E-state index contributed by atoms with van der Waals surface area (Å²) in [6.07, 6.45) is 5.09. The van der Waals surface area contributed by atoms with Gasteiger partial charge in [-0.1, -0.05) is 5.16 Å². The number of hydrogen-bond acceptors (Lipinski definition) is 6. The number of amides is 1. The molecule has 3 heterocycles. The van der Waals surface area contributed by atoms with Crippen molar-refractivity contribution in [1.29, 1.82) is 0 Å². The van der Waals surface area contributed by atoms with Gasteiger partial charge in [-0.05, 0) is 19.8 Å². The maximum atomic E-state index is 12.0. The monoisotopic (exact) mass is 320 g/mol. The third-order valence-electron chi connectivity index (χ3n) is 3.87. The second-order valence-electron chi connectivity index (χ2n) is 5.60. The summed E-state index contributed by atoms with van der Waals surface area (Å²) in [5, 5.41) is 10.8. The molecule has 23 heavy (non-hydrogen) atoms. The van der Waals surface area contributed by atoms with Crippen LogP contribution in [0.1, 0.15) is 30.0 Å². The fourth-order valence-electron chi connectivity index (χ4n) is 2.60. The Morgan fingerprint density at radius 1 is 1.48 bits per heavy atom. The lowest BCUT2D eigenvalue weighted by Crippen LogP contribution is -2.20. The van der Waals surface area contributed by atoms with Gasteiger partial charge in [-0.15, -0.1) is 0 Å². The van der Waals surface area contributed by atoms with Gasteiger partial charge in [0.2, 0.25) is 5.88 Å². The summed E-state index contributed by atoms with van der Waals surface area (Å²) < 4.78 is 17.6. The van der Waals surface area contributed by atoms with E-state index >= 15 is 0 Å². The van der Waals surface area contributed by atoms with Crippen molar-refractivity contribution in [1.82, 2.24) is 14.9 Å². The normalized spacial score (nSPS) is 15.6. The van der Waals surface area contributed by atoms with E-state index in [4.69, 9.17) is 14.0 Å². The molecule has 8 heteroatoms. The molecule has 1 N–H and O–H groups in total. The molecule has 3 rings (SSSR count). The molecule has 124 valence electrons. The fraction of sp³-hybridized carbons (Fsp3) is 0.533. The molecule has 1 fully saturated rings. The molecule has 1 amide bonds. The number of carbonyl (C=O) groups is 1. The van der Waals surface area contributed by atoms with Gasteiger partial charge in [-0.2, -0.15) is 5.10 Å². The molecule has 0 unspecified atom stereocenters. The van der Waals surface area contributed by atoms with Gasteiger partial charge in [0, 0.05) is 31.7 Å². The van der Waals surface area contributed by atoms with E-state index in [2.05, 4.69) is 15.6 Å². The first-order valence-electron chi connectivity index (χ1n) is 7.58. The van der Waals surface area contributed by atoms with Crippen LogP contribution in [-0.2, 0) is 16.6 Å². The van der Waals surface area contributed by atoms with Gasteiger partial charge in [0.15, 0.2) is 12.4 Å². The van der Waals surface area contributed by atoms with E-state index in [1.54, 1.807) is 24.1 Å². The van der Waals surface area contributed by atoms with Gasteiger partial charge >= 0.3 is 0 Å². The van der Waals surface area contributed by atoms with E-state index < -0.39 is 0 Å². The Hall–Kier alpha value is -2.35. The predicted molar refractivity (Wildman–Crippen MR) is 81.4 cm³/mol. The second kappa shape index (κ2) is 6.82. The van der Waals surface area contributed by atoms with Crippen LogP contribution >= 0.6 is 0 Å². The van der Waals surface area contributed by atoms with Crippen LogP contribution in [0.3, 0.4) is 0 Å². The Labute approximate surface area is 133 Å². The van der Waals surface area contributed by atoms with Crippen LogP contribution in [0.5, 0.6) is 5.75 Å². The SMILES string of the molecule is Cc1c(C2CCOCC2)noc1NC(=O)COc1cnn(C)c1. The van der Waals surface area contributed by atoms with Crippen molar-refractivity contribution in [2.45, 2.75) is 25.7 Å². The van der Waals surface area contributed by atoms with E-state index in [9.17, 15) is 4.79 Å². The first kappa shape index (κ1) is 15.5. The zero-order chi connectivity index (χ0) is 16.2. The van der Waals surface area contributed by atoms with Crippen molar-refractivity contribution in [3.8, 4) is 5.75 Å². The van der Waals surface area contributed by atoms with Crippen molar-refractivity contribution in [3.63, 3.8) is 0 Å². The minimum atomic E-state index is -0.299. The maximum absolute atomic E-state index is 12.0. The summed E-state index contributed by atoms with van der Waals surface area (Å²) in [6.45, 7) is 3.26. The average Bonchev–Trinajstić information content (AvgIpc) is 3.13. The fourth-order valence-corrected chi connectivity index (χ4v) is 2.60. The van der Waals surface area contributed by atoms with Crippen LogP contribution in [0.4, 0.5) is 5.88 Å². The van der Waals surface area contributed by atoms with Crippen molar-refractivity contribution >= 4 is 11.8 Å². The topological polar surface area (TPSA) is 91.4 Å². The smallest absolute Gasteiger partial charge is 0.264 e. The first-order chi connectivity index (χ1) is 11.1. The lowest BCUT2D eigenvalue weighted by atomic mass is 9.94. The van der Waals surface area contributed by atoms with Crippen molar-refractivity contribution in [3.05, 3.63) is 23.7 Å². The highest BCUT2D eigenvalue weighted by Crippen LogP contribution is 2.31. The van der Waals surface area contributed by atoms with Gasteiger partial charge in [0.25, 0.3) is 5.91 Å². The van der Waals surface area contributed by atoms with Gasteiger partial charge in [0.05, 0.1) is 18.1 Å². The molecule has 2 aromatic heterocycles. The Bertz CT molecular complexity index is 673. The number of aryl methyl sites for hydroxylation is 1. The van der Waals surface area contributed by atoms with E-state index in [-0.39, 0.29) is 12.5 Å². The lowest BCUT2D eigenvalue weighted by molar-refractivity contribution is -0.118. The van der Waals surface area contributed by atoms with Gasteiger partial charge in [0.1, 0.15) is 0 Å². The Morgan fingerprint density at radius 3 is 2.96 bits per heavy atom. The zero-order valence-electron chi connectivity index (χ0n) is 13.2. The number of carbonyl (C=O) groups excluding carboxylic acids is 1. The average molecular weight is 320 g/mol. The van der Waals surface area contributed by atoms with Gasteiger partial charge in [-0.3, -0.25) is 14.8 Å². The van der Waals surface area contributed by atoms with Crippen LogP contribution in [0.15, 0.2) is 16.9 Å². The summed E-state index contributed by atoms with van der Waals surface area (Å²) in [5.74, 6) is 0.947. The highest BCUT2D eigenvalue weighted by Gasteiger charge is 2.24. The van der Waals surface area contributed by atoms with Gasteiger partial charge < -0.3 is 14.0 Å². The predicted octanol–water partition coefficient (Wildman–Crippen LogP) is 1.63. The highest BCUT2D eigenvalue weighted by molar-refractivity contribution is 5.91. The van der Waals surface area contributed by atoms with Crippen molar-refractivity contribution in [2.24, 2.45) is 7.05 Å². The summed E-state index contributed by atoms with van der Waals surface area (Å²) in [4.78, 5) is 12.0. The molecule has 1 aliphatic heterocycles. The molecule has 0 radical (unpaired) electrons. The lowest BCUT2D eigenvalue weighted by Gasteiger charge is -2.20. The third-order valence-corrected chi connectivity index (χ3v) is 3.87. The van der Waals surface area contributed by atoms with Crippen LogP contribution in [0.25, 0.3) is 0 Å². The maximum Gasteiger partial charge on any atom is 0.264 e. The quantitative estimate of drug-likeness (QED) is 0.900. The summed E-state index contributed by atoms with van der Waals surface area (Å²) >= 11 is 0. The number of anilines is 1. The highest BCUT2D eigenvalue weighted by atomic mass is 16.5. The van der Waals surface area contributed by atoms with E-state index in [1.165, 1.54) is 0 Å². The summed E-state index contributed by atoms with van der Waals surface area (Å²) in [6, 6.07) is 0. The molecule has 1 saturated heterocycles. The molecular weight excluding hydrogens is 300 g/mol. The Kier molecular flexibility index (Phi) is 4.61.